The summed E-state index contributed by atoms with van der Waals surface area (Å²) in [5.41, 5.74) is 1.45. The lowest BCUT2D eigenvalue weighted by Crippen LogP contribution is -2.28. The Morgan fingerprint density at radius 1 is 1.22 bits per heavy atom. The zero-order valence-corrected chi connectivity index (χ0v) is 14.0. The first-order valence-corrected chi connectivity index (χ1v) is 8.64. The fourth-order valence-corrected chi connectivity index (χ4v) is 2.87. The maximum atomic E-state index is 3.56. The molecule has 1 aromatic carbocycles. The van der Waals surface area contributed by atoms with Crippen LogP contribution in [0.5, 0.6) is 0 Å². The highest BCUT2D eigenvalue weighted by atomic mass is 79.9. The third-order valence-corrected chi connectivity index (χ3v) is 4.39. The van der Waals surface area contributed by atoms with Crippen molar-refractivity contribution in [3.8, 4) is 0 Å². The minimum atomic E-state index is 0.557. The van der Waals surface area contributed by atoms with Gasteiger partial charge in [0, 0.05) is 17.1 Å². The van der Waals surface area contributed by atoms with Gasteiger partial charge in [-0.05, 0) is 41.5 Å². The number of thioether (sulfide) groups is 1. The van der Waals surface area contributed by atoms with Gasteiger partial charge < -0.3 is 5.32 Å². The summed E-state index contributed by atoms with van der Waals surface area (Å²) >= 11 is 5.53. The van der Waals surface area contributed by atoms with Crippen molar-refractivity contribution < 1.29 is 0 Å². The van der Waals surface area contributed by atoms with Crippen LogP contribution in [-0.2, 0) is 0 Å². The van der Waals surface area contributed by atoms with Crippen molar-refractivity contribution in [2.24, 2.45) is 0 Å². The second kappa shape index (κ2) is 9.00. The molecule has 0 spiro atoms. The van der Waals surface area contributed by atoms with Crippen LogP contribution in [0.3, 0.4) is 0 Å². The van der Waals surface area contributed by atoms with E-state index in [1.807, 2.05) is 11.8 Å². The summed E-state index contributed by atoms with van der Waals surface area (Å²) in [4.78, 5) is 0. The zero-order valence-electron chi connectivity index (χ0n) is 11.6. The summed E-state index contributed by atoms with van der Waals surface area (Å²) in [6.07, 6.45) is 1.25. The summed E-state index contributed by atoms with van der Waals surface area (Å²) in [7, 11) is 0. The lowest BCUT2D eigenvalue weighted by Gasteiger charge is -2.19. The number of hydrogen-bond donors (Lipinski definition) is 1. The molecular formula is C15H24BrNS. The summed E-state index contributed by atoms with van der Waals surface area (Å²) in [6.45, 7) is 7.72. The number of nitrogens with one attached hydrogen (secondary N) is 1. The van der Waals surface area contributed by atoms with Gasteiger partial charge in [0.1, 0.15) is 0 Å². The maximum Gasteiger partial charge on any atom is 0.0175 e. The van der Waals surface area contributed by atoms with E-state index >= 15 is 0 Å². The van der Waals surface area contributed by atoms with E-state index in [1.165, 1.54) is 23.5 Å². The summed E-state index contributed by atoms with van der Waals surface area (Å²) < 4.78 is 1.16. The molecule has 102 valence electrons. The smallest absolute Gasteiger partial charge is 0.0175 e. The molecule has 3 heteroatoms. The highest BCUT2D eigenvalue weighted by molar-refractivity contribution is 9.10. The molecule has 0 aliphatic rings. The highest BCUT2D eigenvalue weighted by Crippen LogP contribution is 2.23. The molecule has 0 saturated carbocycles. The third kappa shape index (κ3) is 6.26. The Hall–Kier alpha value is 0.01000. The summed E-state index contributed by atoms with van der Waals surface area (Å²) in [5, 5.41) is 3.56. The predicted molar refractivity (Wildman–Crippen MR) is 87.6 cm³/mol. The van der Waals surface area contributed by atoms with Crippen LogP contribution in [0.1, 0.15) is 38.7 Å². The fourth-order valence-electron chi connectivity index (χ4n) is 1.87. The molecule has 1 aromatic rings. The molecule has 0 saturated heterocycles. The molecule has 1 N–H and O–H groups in total. The van der Waals surface area contributed by atoms with Crippen LogP contribution >= 0.6 is 27.7 Å². The van der Waals surface area contributed by atoms with Gasteiger partial charge in [0.25, 0.3) is 0 Å². The summed E-state index contributed by atoms with van der Waals surface area (Å²) in [5.74, 6) is 3.08. The normalized spacial score (nSPS) is 12.9. The number of rotatable bonds is 8. The average molecular weight is 330 g/mol. The molecule has 0 aliphatic heterocycles. The van der Waals surface area contributed by atoms with Gasteiger partial charge in [-0.1, -0.05) is 48.8 Å². The SMILES string of the molecule is CCSCCC(CNC(C)C)c1ccc(Br)cc1. The van der Waals surface area contributed by atoms with Gasteiger partial charge in [0.15, 0.2) is 0 Å². The second-order valence-corrected chi connectivity index (χ2v) is 7.11. The van der Waals surface area contributed by atoms with Crippen molar-refractivity contribution in [1.29, 1.82) is 0 Å². The monoisotopic (exact) mass is 329 g/mol. The third-order valence-electron chi connectivity index (χ3n) is 2.93. The largest absolute Gasteiger partial charge is 0.314 e. The first-order chi connectivity index (χ1) is 8.63. The second-order valence-electron chi connectivity index (χ2n) is 4.80. The lowest BCUT2D eigenvalue weighted by atomic mass is 9.96. The lowest BCUT2D eigenvalue weighted by molar-refractivity contribution is 0.522. The van der Waals surface area contributed by atoms with E-state index < -0.39 is 0 Å². The van der Waals surface area contributed by atoms with E-state index in [0.717, 1.165) is 11.0 Å². The molecule has 0 amide bonds. The van der Waals surface area contributed by atoms with E-state index in [2.05, 4.69) is 66.3 Å². The highest BCUT2D eigenvalue weighted by Gasteiger charge is 2.11. The standard InChI is InChI=1S/C15H24BrNS/c1-4-18-10-9-14(11-17-12(2)3)13-5-7-15(16)8-6-13/h5-8,12,14,17H,4,9-11H2,1-3H3. The predicted octanol–water partition coefficient (Wildman–Crippen LogP) is 4.67. The maximum absolute atomic E-state index is 3.56. The van der Waals surface area contributed by atoms with Crippen molar-refractivity contribution >= 4 is 27.7 Å². The molecular weight excluding hydrogens is 306 g/mol. The molecule has 0 bridgehead atoms. The number of hydrogen-bond acceptors (Lipinski definition) is 2. The first-order valence-electron chi connectivity index (χ1n) is 6.70. The van der Waals surface area contributed by atoms with Crippen molar-refractivity contribution in [3.05, 3.63) is 34.3 Å². The van der Waals surface area contributed by atoms with E-state index in [0.29, 0.717) is 12.0 Å². The molecule has 18 heavy (non-hydrogen) atoms. The van der Waals surface area contributed by atoms with Gasteiger partial charge in [0.2, 0.25) is 0 Å². The van der Waals surface area contributed by atoms with Gasteiger partial charge in [-0.2, -0.15) is 11.8 Å². The van der Waals surface area contributed by atoms with Crippen molar-refractivity contribution in [2.45, 2.75) is 39.2 Å². The van der Waals surface area contributed by atoms with Crippen LogP contribution in [-0.4, -0.2) is 24.1 Å². The Labute approximate surface area is 124 Å². The van der Waals surface area contributed by atoms with E-state index in [4.69, 9.17) is 0 Å². The quantitative estimate of drug-likeness (QED) is 0.695. The molecule has 1 rings (SSSR count). The average Bonchev–Trinajstić information content (AvgIpc) is 2.34. The Balaban J connectivity index is 2.60. The van der Waals surface area contributed by atoms with Crippen LogP contribution < -0.4 is 5.32 Å². The van der Waals surface area contributed by atoms with Gasteiger partial charge in [-0.25, -0.2) is 0 Å². The number of benzene rings is 1. The number of halogens is 1. The Kier molecular flexibility index (Phi) is 8.03. The first kappa shape index (κ1) is 16.1. The Bertz CT molecular complexity index is 324. The van der Waals surface area contributed by atoms with E-state index in [1.54, 1.807) is 0 Å². The minimum absolute atomic E-state index is 0.557. The van der Waals surface area contributed by atoms with Crippen LogP contribution in [0, 0.1) is 0 Å². The molecule has 0 fully saturated rings. The molecule has 0 heterocycles. The van der Waals surface area contributed by atoms with Gasteiger partial charge >= 0.3 is 0 Å². The Morgan fingerprint density at radius 3 is 2.44 bits per heavy atom. The molecule has 1 atom stereocenters. The van der Waals surface area contributed by atoms with Crippen LogP contribution in [0.4, 0.5) is 0 Å². The molecule has 0 radical (unpaired) electrons. The fraction of sp³-hybridized carbons (Fsp3) is 0.600. The van der Waals surface area contributed by atoms with E-state index in [9.17, 15) is 0 Å². The van der Waals surface area contributed by atoms with Crippen molar-refractivity contribution in [2.75, 3.05) is 18.1 Å². The molecule has 1 unspecified atom stereocenters. The molecule has 1 nitrogen and oxygen atoms in total. The topological polar surface area (TPSA) is 12.0 Å². The van der Waals surface area contributed by atoms with Crippen molar-refractivity contribution in [1.82, 2.24) is 5.32 Å². The molecule has 0 aromatic heterocycles. The summed E-state index contributed by atoms with van der Waals surface area (Å²) in [6, 6.07) is 9.33. The molecule has 0 aliphatic carbocycles. The van der Waals surface area contributed by atoms with Gasteiger partial charge in [-0.15, -0.1) is 0 Å². The van der Waals surface area contributed by atoms with Gasteiger partial charge in [0.05, 0.1) is 0 Å². The Morgan fingerprint density at radius 2 is 1.89 bits per heavy atom. The van der Waals surface area contributed by atoms with Crippen LogP contribution in [0.15, 0.2) is 28.7 Å². The van der Waals surface area contributed by atoms with Crippen molar-refractivity contribution in [3.63, 3.8) is 0 Å². The van der Waals surface area contributed by atoms with Gasteiger partial charge in [-0.3, -0.25) is 0 Å². The zero-order chi connectivity index (χ0) is 13.4. The van der Waals surface area contributed by atoms with E-state index in [-0.39, 0.29) is 0 Å². The minimum Gasteiger partial charge on any atom is -0.314 e. The van der Waals surface area contributed by atoms with Crippen LogP contribution in [0.25, 0.3) is 0 Å². The van der Waals surface area contributed by atoms with Crippen LogP contribution in [0.2, 0.25) is 0 Å².